The summed E-state index contributed by atoms with van der Waals surface area (Å²) < 4.78 is 16.1. The first-order valence-corrected chi connectivity index (χ1v) is 9.86. The van der Waals surface area contributed by atoms with Crippen LogP contribution in [-0.2, 0) is 20.7 Å². The molecular weight excluding hydrogens is 392 g/mol. The van der Waals surface area contributed by atoms with Crippen LogP contribution in [0, 0.1) is 0 Å². The van der Waals surface area contributed by atoms with E-state index in [4.69, 9.17) is 14.2 Å². The standard InChI is InChI=1S/C21H20N2O5S/c1-2-26-20(25)12-15-14-29-21(22-15)23-19(24)13-27-16-8-10-18(11-9-16)28-17-6-4-3-5-7-17/h3-11,14H,2,12-13H2,1H3,(H,22,23,24). The van der Waals surface area contributed by atoms with E-state index in [1.54, 1.807) is 36.6 Å². The SMILES string of the molecule is CCOC(=O)Cc1csc(NC(=O)COc2ccc(Oc3ccccc3)cc2)n1. The first-order valence-electron chi connectivity index (χ1n) is 8.98. The summed E-state index contributed by atoms with van der Waals surface area (Å²) in [6.45, 7) is 1.91. The number of anilines is 1. The van der Waals surface area contributed by atoms with E-state index in [0.29, 0.717) is 28.9 Å². The molecule has 2 aromatic carbocycles. The van der Waals surface area contributed by atoms with Crippen molar-refractivity contribution in [3.63, 3.8) is 0 Å². The third-order valence-corrected chi connectivity index (χ3v) is 4.41. The molecule has 0 aliphatic rings. The highest BCUT2D eigenvalue weighted by molar-refractivity contribution is 7.13. The molecule has 3 rings (SSSR count). The Bertz CT molecular complexity index is 941. The van der Waals surface area contributed by atoms with E-state index >= 15 is 0 Å². The van der Waals surface area contributed by atoms with Crippen molar-refractivity contribution in [1.29, 1.82) is 0 Å². The number of esters is 1. The van der Waals surface area contributed by atoms with Crippen molar-refractivity contribution in [1.82, 2.24) is 4.98 Å². The summed E-state index contributed by atoms with van der Waals surface area (Å²) in [5, 5.41) is 4.76. The smallest absolute Gasteiger partial charge is 0.311 e. The van der Waals surface area contributed by atoms with Gasteiger partial charge < -0.3 is 14.2 Å². The number of amides is 1. The molecule has 29 heavy (non-hydrogen) atoms. The normalized spacial score (nSPS) is 10.2. The zero-order valence-electron chi connectivity index (χ0n) is 15.8. The molecule has 7 nitrogen and oxygen atoms in total. The van der Waals surface area contributed by atoms with Crippen LogP contribution in [0.1, 0.15) is 12.6 Å². The molecule has 8 heteroatoms. The fraction of sp³-hybridized carbons (Fsp3) is 0.190. The number of para-hydroxylation sites is 1. The Balaban J connectivity index is 1.44. The lowest BCUT2D eigenvalue weighted by Gasteiger charge is -2.08. The maximum absolute atomic E-state index is 12.0. The van der Waals surface area contributed by atoms with E-state index in [1.165, 1.54) is 11.3 Å². The second-order valence-corrected chi connectivity index (χ2v) is 6.71. The molecule has 1 aromatic heterocycles. The fourth-order valence-electron chi connectivity index (χ4n) is 2.34. The molecule has 0 bridgehead atoms. The van der Waals surface area contributed by atoms with E-state index in [-0.39, 0.29) is 24.9 Å². The van der Waals surface area contributed by atoms with Crippen molar-refractivity contribution in [2.45, 2.75) is 13.3 Å². The Hall–Kier alpha value is -3.39. The average molecular weight is 412 g/mol. The number of nitrogens with zero attached hydrogens (tertiary/aromatic N) is 1. The van der Waals surface area contributed by atoms with Gasteiger partial charge >= 0.3 is 5.97 Å². The van der Waals surface area contributed by atoms with Gasteiger partial charge in [-0.15, -0.1) is 11.3 Å². The minimum absolute atomic E-state index is 0.0775. The van der Waals surface area contributed by atoms with Gasteiger partial charge in [0.05, 0.1) is 18.7 Å². The number of rotatable bonds is 9. The third-order valence-electron chi connectivity index (χ3n) is 3.60. The van der Waals surface area contributed by atoms with E-state index < -0.39 is 0 Å². The lowest BCUT2D eigenvalue weighted by molar-refractivity contribution is -0.142. The van der Waals surface area contributed by atoms with Crippen LogP contribution >= 0.6 is 11.3 Å². The molecule has 1 N–H and O–H groups in total. The summed E-state index contributed by atoms with van der Waals surface area (Å²) in [6.07, 6.45) is 0.0775. The van der Waals surface area contributed by atoms with Gasteiger partial charge in [-0.1, -0.05) is 18.2 Å². The molecular formula is C21H20N2O5S. The topological polar surface area (TPSA) is 86.8 Å². The highest BCUT2D eigenvalue weighted by Gasteiger charge is 2.11. The Kier molecular flexibility index (Phi) is 7.18. The summed E-state index contributed by atoms with van der Waals surface area (Å²) in [5.74, 6) is 1.27. The molecule has 0 aliphatic heterocycles. The summed E-state index contributed by atoms with van der Waals surface area (Å²) >= 11 is 1.24. The molecule has 0 radical (unpaired) electrons. The summed E-state index contributed by atoms with van der Waals surface area (Å²) in [7, 11) is 0. The second-order valence-electron chi connectivity index (χ2n) is 5.85. The maximum atomic E-state index is 12.0. The largest absolute Gasteiger partial charge is 0.484 e. The second kappa shape index (κ2) is 10.2. The van der Waals surface area contributed by atoms with Crippen LogP contribution in [0.3, 0.4) is 0 Å². The molecule has 150 valence electrons. The van der Waals surface area contributed by atoms with E-state index in [9.17, 15) is 9.59 Å². The molecule has 0 atom stereocenters. The van der Waals surface area contributed by atoms with Crippen molar-refractivity contribution in [2.75, 3.05) is 18.5 Å². The van der Waals surface area contributed by atoms with Gasteiger partial charge in [-0.2, -0.15) is 0 Å². The van der Waals surface area contributed by atoms with Crippen LogP contribution in [-0.4, -0.2) is 30.1 Å². The monoisotopic (exact) mass is 412 g/mol. The Morgan fingerprint density at radius 2 is 1.69 bits per heavy atom. The predicted molar refractivity (Wildman–Crippen MR) is 110 cm³/mol. The van der Waals surface area contributed by atoms with Crippen LogP contribution < -0.4 is 14.8 Å². The van der Waals surface area contributed by atoms with Gasteiger partial charge in [0.15, 0.2) is 11.7 Å². The number of carbonyl (C=O) groups is 2. The van der Waals surface area contributed by atoms with Gasteiger partial charge in [-0.05, 0) is 43.3 Å². The Labute approximate surface area is 172 Å². The van der Waals surface area contributed by atoms with Gasteiger partial charge in [-0.3, -0.25) is 14.9 Å². The van der Waals surface area contributed by atoms with Crippen LogP contribution in [0.2, 0.25) is 0 Å². The molecule has 0 unspecified atom stereocenters. The van der Waals surface area contributed by atoms with E-state index in [2.05, 4.69) is 10.3 Å². The van der Waals surface area contributed by atoms with Crippen LogP contribution in [0.15, 0.2) is 60.0 Å². The third kappa shape index (κ3) is 6.62. The number of hydrogen-bond donors (Lipinski definition) is 1. The highest BCUT2D eigenvalue weighted by atomic mass is 32.1. The van der Waals surface area contributed by atoms with Gasteiger partial charge in [0.1, 0.15) is 17.2 Å². The van der Waals surface area contributed by atoms with Gasteiger partial charge in [-0.25, -0.2) is 4.98 Å². The molecule has 3 aromatic rings. The zero-order chi connectivity index (χ0) is 20.5. The van der Waals surface area contributed by atoms with Crippen molar-refractivity contribution < 1.29 is 23.8 Å². The number of thiazole rings is 1. The Morgan fingerprint density at radius 1 is 1.00 bits per heavy atom. The van der Waals surface area contributed by atoms with Crippen LogP contribution in [0.5, 0.6) is 17.2 Å². The number of aromatic nitrogens is 1. The van der Waals surface area contributed by atoms with Gasteiger partial charge in [0, 0.05) is 5.38 Å². The van der Waals surface area contributed by atoms with Crippen molar-refractivity contribution >= 4 is 28.3 Å². The van der Waals surface area contributed by atoms with E-state index in [1.807, 2.05) is 30.3 Å². The molecule has 0 fully saturated rings. The fourth-order valence-corrected chi connectivity index (χ4v) is 3.06. The highest BCUT2D eigenvalue weighted by Crippen LogP contribution is 2.23. The van der Waals surface area contributed by atoms with Crippen LogP contribution in [0.25, 0.3) is 0 Å². The molecule has 0 aliphatic carbocycles. The molecule has 0 saturated heterocycles. The predicted octanol–water partition coefficient (Wildman–Crippen LogP) is 4.06. The molecule has 1 heterocycles. The number of ether oxygens (including phenoxy) is 3. The summed E-state index contributed by atoms with van der Waals surface area (Å²) in [6, 6.07) is 16.4. The molecule has 0 saturated carbocycles. The maximum Gasteiger partial charge on any atom is 0.311 e. The minimum Gasteiger partial charge on any atom is -0.484 e. The number of hydrogen-bond acceptors (Lipinski definition) is 7. The Morgan fingerprint density at radius 3 is 2.41 bits per heavy atom. The number of nitrogens with one attached hydrogen (secondary N) is 1. The van der Waals surface area contributed by atoms with Crippen molar-refractivity contribution in [2.24, 2.45) is 0 Å². The van der Waals surface area contributed by atoms with E-state index in [0.717, 1.165) is 5.75 Å². The molecule has 0 spiro atoms. The zero-order valence-corrected chi connectivity index (χ0v) is 16.6. The minimum atomic E-state index is -0.348. The van der Waals surface area contributed by atoms with Crippen molar-refractivity contribution in [3.8, 4) is 17.2 Å². The summed E-state index contributed by atoms with van der Waals surface area (Å²) in [5.41, 5.74) is 0.554. The average Bonchev–Trinajstić information content (AvgIpc) is 3.15. The quantitative estimate of drug-likeness (QED) is 0.534. The van der Waals surface area contributed by atoms with Crippen LogP contribution in [0.4, 0.5) is 5.13 Å². The number of benzene rings is 2. The van der Waals surface area contributed by atoms with Crippen molar-refractivity contribution in [3.05, 3.63) is 65.7 Å². The van der Waals surface area contributed by atoms with Gasteiger partial charge in [0.2, 0.25) is 0 Å². The first kappa shape index (κ1) is 20.3. The lowest BCUT2D eigenvalue weighted by atomic mass is 10.3. The first-order chi connectivity index (χ1) is 14.1. The summed E-state index contributed by atoms with van der Waals surface area (Å²) in [4.78, 5) is 27.7. The number of carbonyl (C=O) groups excluding carboxylic acids is 2. The van der Waals surface area contributed by atoms with Gasteiger partial charge in [0.25, 0.3) is 5.91 Å². The molecule has 1 amide bonds. The lowest BCUT2D eigenvalue weighted by Crippen LogP contribution is -2.20.